The van der Waals surface area contributed by atoms with Gasteiger partial charge >= 0.3 is 5.97 Å². The molecule has 0 N–H and O–H groups in total. The molecule has 0 saturated heterocycles. The summed E-state index contributed by atoms with van der Waals surface area (Å²) in [4.78, 5) is 12.3. The number of carbonyl (C=O) groups excluding carboxylic acids is 1. The molecule has 2 fully saturated rings. The first-order valence-corrected chi connectivity index (χ1v) is 8.54. The Balaban J connectivity index is 1.83. The van der Waals surface area contributed by atoms with E-state index in [-0.39, 0.29) is 24.2 Å². The van der Waals surface area contributed by atoms with E-state index in [0.29, 0.717) is 25.4 Å². The highest BCUT2D eigenvalue weighted by atomic mass is 19.1. The lowest BCUT2D eigenvalue weighted by Gasteiger charge is -2.36. The van der Waals surface area contributed by atoms with Crippen molar-refractivity contribution < 1.29 is 13.9 Å². The highest BCUT2D eigenvalue weighted by Crippen LogP contribution is 2.45. The van der Waals surface area contributed by atoms with E-state index in [0.717, 1.165) is 18.4 Å². The second-order valence-electron chi connectivity index (χ2n) is 6.63. The average Bonchev–Trinajstić information content (AvgIpc) is 3.38. The predicted molar refractivity (Wildman–Crippen MR) is 87.5 cm³/mol. The van der Waals surface area contributed by atoms with Gasteiger partial charge in [0.2, 0.25) is 0 Å². The van der Waals surface area contributed by atoms with E-state index in [1.165, 1.54) is 0 Å². The zero-order valence-corrected chi connectivity index (χ0v) is 13.6. The molecule has 23 heavy (non-hydrogen) atoms. The van der Waals surface area contributed by atoms with Crippen molar-refractivity contribution in [1.82, 2.24) is 0 Å². The van der Waals surface area contributed by atoms with Gasteiger partial charge in [-0.25, -0.2) is 4.39 Å². The van der Waals surface area contributed by atoms with Crippen LogP contribution in [0.2, 0.25) is 0 Å². The minimum Gasteiger partial charge on any atom is -0.466 e. The van der Waals surface area contributed by atoms with Gasteiger partial charge in [-0.15, -0.1) is 0 Å². The van der Waals surface area contributed by atoms with Gasteiger partial charge in [0.25, 0.3) is 0 Å². The lowest BCUT2D eigenvalue weighted by atomic mass is 9.70. The van der Waals surface area contributed by atoms with Gasteiger partial charge in [0.15, 0.2) is 5.67 Å². The van der Waals surface area contributed by atoms with E-state index in [9.17, 15) is 4.79 Å². The van der Waals surface area contributed by atoms with Gasteiger partial charge < -0.3 is 4.74 Å². The Hall–Kier alpha value is -1.82. The fraction of sp³-hybridized carbons (Fsp3) is 0.550. The molecule has 122 valence electrons. The van der Waals surface area contributed by atoms with Crippen LogP contribution < -0.4 is 0 Å². The summed E-state index contributed by atoms with van der Waals surface area (Å²) in [5.41, 5.74) is -0.480. The monoisotopic (exact) mass is 314 g/mol. The minimum absolute atomic E-state index is 0.164. The Kier molecular flexibility index (Phi) is 4.71. The van der Waals surface area contributed by atoms with Crippen LogP contribution in [0.1, 0.15) is 50.5 Å². The molecule has 0 radical (unpaired) electrons. The maximum atomic E-state index is 15.2. The van der Waals surface area contributed by atoms with Gasteiger partial charge in [0, 0.05) is 18.3 Å². The Morgan fingerprint density at radius 1 is 1.30 bits per heavy atom. The molecule has 0 heterocycles. The van der Waals surface area contributed by atoms with Crippen LogP contribution in [-0.2, 0) is 9.53 Å². The van der Waals surface area contributed by atoms with Crippen molar-refractivity contribution in [3.8, 4) is 11.8 Å². The molecular formula is C20H23FO2. The highest BCUT2D eigenvalue weighted by molar-refractivity contribution is 5.74. The first-order valence-electron chi connectivity index (χ1n) is 8.54. The van der Waals surface area contributed by atoms with E-state index in [4.69, 9.17) is 4.74 Å². The smallest absolute Gasteiger partial charge is 0.309 e. The number of hydrogen-bond donors (Lipinski definition) is 0. The molecule has 0 aliphatic heterocycles. The lowest BCUT2D eigenvalue weighted by Crippen LogP contribution is -2.37. The zero-order chi connectivity index (χ0) is 16.3. The predicted octanol–water partition coefficient (Wildman–Crippen LogP) is 4.26. The number of carbonyl (C=O) groups is 1. The van der Waals surface area contributed by atoms with Crippen LogP contribution >= 0.6 is 0 Å². The van der Waals surface area contributed by atoms with Crippen molar-refractivity contribution in [1.29, 1.82) is 0 Å². The molecule has 3 rings (SSSR count). The summed E-state index contributed by atoms with van der Waals surface area (Å²) in [5.74, 6) is 5.69. The van der Waals surface area contributed by atoms with Gasteiger partial charge in [-0.3, -0.25) is 4.79 Å². The summed E-state index contributed by atoms with van der Waals surface area (Å²) in [7, 11) is 0. The first kappa shape index (κ1) is 16.1. The number of benzene rings is 1. The van der Waals surface area contributed by atoms with Gasteiger partial charge in [-0.2, -0.15) is 0 Å². The number of alkyl halides is 1. The molecule has 2 aliphatic rings. The molecule has 2 aliphatic carbocycles. The SMILES string of the molecule is CCOC(=O)[C@@H]1CCC(F)(C#CC2CC2)C[C@H]1c1ccccc1. The van der Waals surface area contributed by atoms with Crippen LogP contribution in [0, 0.1) is 23.7 Å². The van der Waals surface area contributed by atoms with Crippen molar-refractivity contribution in [2.75, 3.05) is 6.61 Å². The normalized spacial score (nSPS) is 30.2. The third kappa shape index (κ3) is 3.93. The number of halogens is 1. The van der Waals surface area contributed by atoms with Crippen molar-refractivity contribution >= 4 is 5.97 Å². The maximum Gasteiger partial charge on any atom is 0.309 e. The summed E-state index contributed by atoms with van der Waals surface area (Å²) in [6.07, 6.45) is 3.28. The van der Waals surface area contributed by atoms with Crippen LogP contribution in [0.25, 0.3) is 0 Å². The quantitative estimate of drug-likeness (QED) is 0.615. The number of esters is 1. The van der Waals surface area contributed by atoms with E-state index in [1.807, 2.05) is 30.3 Å². The number of rotatable bonds is 3. The van der Waals surface area contributed by atoms with Crippen molar-refractivity contribution in [2.24, 2.45) is 11.8 Å². The molecule has 1 aromatic rings. The van der Waals surface area contributed by atoms with Gasteiger partial charge in [-0.05, 0) is 38.2 Å². The summed E-state index contributed by atoms with van der Waals surface area (Å²) in [6.45, 7) is 2.16. The average molecular weight is 314 g/mol. The molecule has 2 saturated carbocycles. The summed E-state index contributed by atoms with van der Waals surface area (Å²) >= 11 is 0. The fourth-order valence-corrected chi connectivity index (χ4v) is 3.33. The van der Waals surface area contributed by atoms with Crippen molar-refractivity contribution in [3.63, 3.8) is 0 Å². The Morgan fingerprint density at radius 3 is 2.70 bits per heavy atom. The molecule has 0 amide bonds. The first-order chi connectivity index (χ1) is 11.1. The number of ether oxygens (including phenoxy) is 1. The van der Waals surface area contributed by atoms with Crippen LogP contribution in [0.3, 0.4) is 0 Å². The number of hydrogen-bond acceptors (Lipinski definition) is 2. The summed E-state index contributed by atoms with van der Waals surface area (Å²) in [5, 5.41) is 0. The van der Waals surface area contributed by atoms with Gasteiger partial charge in [0.1, 0.15) is 0 Å². The molecular weight excluding hydrogens is 291 g/mol. The minimum atomic E-state index is -1.48. The second-order valence-corrected chi connectivity index (χ2v) is 6.63. The van der Waals surface area contributed by atoms with Crippen LogP contribution in [-0.4, -0.2) is 18.2 Å². The fourth-order valence-electron chi connectivity index (χ4n) is 3.33. The van der Waals surface area contributed by atoms with Crippen LogP contribution in [0.15, 0.2) is 30.3 Å². The van der Waals surface area contributed by atoms with E-state index in [1.54, 1.807) is 6.92 Å². The maximum absolute atomic E-state index is 15.2. The van der Waals surface area contributed by atoms with Crippen molar-refractivity contribution in [2.45, 2.75) is 50.6 Å². The Morgan fingerprint density at radius 2 is 2.04 bits per heavy atom. The molecule has 0 bridgehead atoms. The van der Waals surface area contributed by atoms with Crippen molar-refractivity contribution in [3.05, 3.63) is 35.9 Å². The van der Waals surface area contributed by atoms with Crippen LogP contribution in [0.4, 0.5) is 4.39 Å². The van der Waals surface area contributed by atoms with E-state index >= 15 is 4.39 Å². The molecule has 3 heteroatoms. The molecule has 0 spiro atoms. The standard InChI is InChI=1S/C20H23FO2/c1-2-23-19(22)17-11-13-20(21,12-10-15-8-9-15)14-18(17)16-6-4-3-5-7-16/h3-7,15,17-18H,2,8-9,11,13-14H2,1H3/t17-,18+,20?/m1/s1. The van der Waals surface area contributed by atoms with E-state index in [2.05, 4.69) is 11.8 Å². The summed E-state index contributed by atoms with van der Waals surface area (Å²) < 4.78 is 20.4. The van der Waals surface area contributed by atoms with Crippen LogP contribution in [0.5, 0.6) is 0 Å². The Labute approximate surface area is 137 Å². The largest absolute Gasteiger partial charge is 0.466 e. The molecule has 1 unspecified atom stereocenters. The molecule has 3 atom stereocenters. The molecule has 2 nitrogen and oxygen atoms in total. The topological polar surface area (TPSA) is 26.3 Å². The second kappa shape index (κ2) is 6.74. The lowest BCUT2D eigenvalue weighted by molar-refractivity contribution is -0.150. The third-order valence-corrected chi connectivity index (χ3v) is 4.78. The third-order valence-electron chi connectivity index (χ3n) is 4.78. The zero-order valence-electron chi connectivity index (χ0n) is 13.6. The van der Waals surface area contributed by atoms with Gasteiger partial charge in [0.05, 0.1) is 12.5 Å². The molecule has 1 aromatic carbocycles. The Bertz CT molecular complexity index is 612. The summed E-state index contributed by atoms with van der Waals surface area (Å²) in [6, 6.07) is 9.74. The molecule has 0 aromatic heterocycles. The van der Waals surface area contributed by atoms with Gasteiger partial charge in [-0.1, -0.05) is 42.2 Å². The van der Waals surface area contributed by atoms with E-state index < -0.39 is 5.67 Å². The highest BCUT2D eigenvalue weighted by Gasteiger charge is 2.44.